The number of hydrogen-bond acceptors (Lipinski definition) is 3. The predicted octanol–water partition coefficient (Wildman–Crippen LogP) is 3.47. The first-order chi connectivity index (χ1) is 9.33. The first-order valence-electron chi connectivity index (χ1n) is 8.21. The molecule has 1 fully saturated rings. The van der Waals surface area contributed by atoms with Crippen LogP contribution in [0.25, 0.3) is 0 Å². The Morgan fingerprint density at radius 2 is 1.42 bits per heavy atom. The van der Waals surface area contributed by atoms with E-state index in [1.165, 1.54) is 51.4 Å². The monoisotopic (exact) mass is 271 g/mol. The van der Waals surface area contributed by atoms with E-state index in [2.05, 4.69) is 18.9 Å². The molecule has 1 aliphatic heterocycles. The van der Waals surface area contributed by atoms with Crippen molar-refractivity contribution >= 4 is 0 Å². The van der Waals surface area contributed by atoms with Gasteiger partial charge in [0.15, 0.2) is 0 Å². The molecule has 1 saturated heterocycles. The summed E-state index contributed by atoms with van der Waals surface area (Å²) in [5.74, 6) is 0. The molecule has 0 aliphatic carbocycles. The smallest absolute Gasteiger partial charge is 0.0828 e. The normalized spacial score (nSPS) is 16.7. The first-order valence-corrected chi connectivity index (χ1v) is 8.21. The van der Waals surface area contributed by atoms with Gasteiger partial charge in [-0.15, -0.1) is 0 Å². The molecule has 114 valence electrons. The van der Waals surface area contributed by atoms with Crippen molar-refractivity contribution in [3.05, 3.63) is 0 Å². The average molecular weight is 271 g/mol. The van der Waals surface area contributed by atoms with E-state index in [1.807, 2.05) is 0 Å². The zero-order chi connectivity index (χ0) is 13.8. The second-order valence-corrected chi connectivity index (χ2v) is 5.80. The molecular weight excluding hydrogens is 238 g/mol. The van der Waals surface area contributed by atoms with Gasteiger partial charge in [-0.05, 0) is 32.7 Å². The maximum absolute atomic E-state index is 5.75. The highest BCUT2D eigenvalue weighted by Gasteiger charge is 2.22. The number of hydrogen-bond donors (Lipinski definition) is 0. The number of likely N-dealkylation sites (tertiary alicyclic amines) is 1. The molecule has 1 aliphatic rings. The van der Waals surface area contributed by atoms with Crippen molar-refractivity contribution in [1.29, 1.82) is 0 Å². The van der Waals surface area contributed by atoms with Crippen LogP contribution in [0.15, 0.2) is 0 Å². The van der Waals surface area contributed by atoms with E-state index in [-0.39, 0.29) is 0 Å². The number of ether oxygens (including phenoxy) is 2. The van der Waals surface area contributed by atoms with Crippen LogP contribution in [-0.2, 0) is 9.47 Å². The summed E-state index contributed by atoms with van der Waals surface area (Å²) < 4.78 is 11.4. The Labute approximate surface area is 119 Å². The van der Waals surface area contributed by atoms with E-state index in [0.717, 1.165) is 32.9 Å². The molecular formula is C16H33NO2. The standard InChI is InChI=1S/C16H33NO2/c1-3-4-5-6-8-11-18-12-9-7-10-13-19-16-14-17(2)15-16/h16H,3-15H2,1-2H3. The molecule has 0 N–H and O–H groups in total. The third kappa shape index (κ3) is 9.42. The summed E-state index contributed by atoms with van der Waals surface area (Å²) in [7, 11) is 2.14. The zero-order valence-corrected chi connectivity index (χ0v) is 13.0. The number of nitrogens with zero attached hydrogens (tertiary/aromatic N) is 1. The van der Waals surface area contributed by atoms with Crippen molar-refractivity contribution in [2.45, 2.75) is 64.4 Å². The van der Waals surface area contributed by atoms with Gasteiger partial charge in [-0.25, -0.2) is 0 Å². The Morgan fingerprint density at radius 1 is 0.842 bits per heavy atom. The average Bonchev–Trinajstić information content (AvgIpc) is 2.37. The molecule has 0 unspecified atom stereocenters. The Bertz CT molecular complexity index is 193. The minimum atomic E-state index is 0.504. The number of unbranched alkanes of at least 4 members (excludes halogenated alkanes) is 6. The van der Waals surface area contributed by atoms with Gasteiger partial charge in [0.2, 0.25) is 0 Å². The first kappa shape index (κ1) is 16.9. The molecule has 19 heavy (non-hydrogen) atoms. The van der Waals surface area contributed by atoms with Gasteiger partial charge in [-0.3, -0.25) is 0 Å². The van der Waals surface area contributed by atoms with Crippen molar-refractivity contribution in [3.63, 3.8) is 0 Å². The van der Waals surface area contributed by atoms with Crippen molar-refractivity contribution < 1.29 is 9.47 Å². The molecule has 0 amide bonds. The van der Waals surface area contributed by atoms with Gasteiger partial charge in [-0.1, -0.05) is 32.6 Å². The van der Waals surface area contributed by atoms with Gasteiger partial charge < -0.3 is 14.4 Å². The van der Waals surface area contributed by atoms with Crippen molar-refractivity contribution in [2.75, 3.05) is 40.0 Å². The lowest BCUT2D eigenvalue weighted by atomic mass is 10.2. The fourth-order valence-electron chi connectivity index (χ4n) is 2.39. The van der Waals surface area contributed by atoms with Crippen molar-refractivity contribution in [2.24, 2.45) is 0 Å². The van der Waals surface area contributed by atoms with Crippen LogP contribution in [0.3, 0.4) is 0 Å². The Balaban J connectivity index is 1.65. The molecule has 0 radical (unpaired) electrons. The lowest BCUT2D eigenvalue weighted by molar-refractivity contribution is -0.0444. The summed E-state index contributed by atoms with van der Waals surface area (Å²) in [5, 5.41) is 0. The highest BCUT2D eigenvalue weighted by atomic mass is 16.5. The maximum Gasteiger partial charge on any atom is 0.0828 e. The SMILES string of the molecule is CCCCCCCOCCCCCOC1CN(C)C1. The van der Waals surface area contributed by atoms with Crippen LogP contribution >= 0.6 is 0 Å². The highest BCUT2D eigenvalue weighted by molar-refractivity contribution is 4.76. The molecule has 0 atom stereocenters. The molecule has 0 aromatic rings. The molecule has 0 aromatic heterocycles. The van der Waals surface area contributed by atoms with Gasteiger partial charge >= 0.3 is 0 Å². The molecule has 0 aromatic carbocycles. The molecule has 3 heteroatoms. The molecule has 1 rings (SSSR count). The molecule has 3 nitrogen and oxygen atoms in total. The Morgan fingerprint density at radius 3 is 2.05 bits per heavy atom. The van der Waals surface area contributed by atoms with Gasteiger partial charge in [0.25, 0.3) is 0 Å². The third-order valence-corrected chi connectivity index (χ3v) is 3.71. The lowest BCUT2D eigenvalue weighted by Crippen LogP contribution is -2.49. The van der Waals surface area contributed by atoms with Crippen LogP contribution in [0, 0.1) is 0 Å². The minimum Gasteiger partial charge on any atom is -0.381 e. The van der Waals surface area contributed by atoms with Gasteiger partial charge in [0, 0.05) is 32.9 Å². The molecule has 0 saturated carbocycles. The van der Waals surface area contributed by atoms with E-state index in [1.54, 1.807) is 0 Å². The summed E-state index contributed by atoms with van der Waals surface area (Å²) in [6.45, 7) is 7.29. The van der Waals surface area contributed by atoms with Gasteiger partial charge in [0.05, 0.1) is 6.10 Å². The van der Waals surface area contributed by atoms with Crippen LogP contribution in [0.4, 0.5) is 0 Å². The lowest BCUT2D eigenvalue weighted by Gasteiger charge is -2.35. The quantitative estimate of drug-likeness (QED) is 0.479. The molecule has 0 bridgehead atoms. The number of rotatable bonds is 13. The van der Waals surface area contributed by atoms with Crippen LogP contribution in [0.1, 0.15) is 58.3 Å². The fraction of sp³-hybridized carbons (Fsp3) is 1.00. The van der Waals surface area contributed by atoms with Crippen LogP contribution in [0.5, 0.6) is 0 Å². The fourth-order valence-corrected chi connectivity index (χ4v) is 2.39. The summed E-state index contributed by atoms with van der Waals surface area (Å²) in [4.78, 5) is 2.29. The Kier molecular flexibility index (Phi) is 10.4. The zero-order valence-electron chi connectivity index (χ0n) is 13.0. The predicted molar refractivity (Wildman–Crippen MR) is 80.7 cm³/mol. The topological polar surface area (TPSA) is 21.7 Å². The summed E-state index contributed by atoms with van der Waals surface area (Å²) in [6.07, 6.45) is 10.7. The Hall–Kier alpha value is -0.120. The second-order valence-electron chi connectivity index (χ2n) is 5.80. The largest absolute Gasteiger partial charge is 0.381 e. The van der Waals surface area contributed by atoms with Gasteiger partial charge in [0.1, 0.15) is 0 Å². The summed E-state index contributed by atoms with van der Waals surface area (Å²) >= 11 is 0. The van der Waals surface area contributed by atoms with E-state index in [4.69, 9.17) is 9.47 Å². The van der Waals surface area contributed by atoms with E-state index >= 15 is 0 Å². The van der Waals surface area contributed by atoms with Crippen LogP contribution in [-0.4, -0.2) is 51.0 Å². The summed E-state index contributed by atoms with van der Waals surface area (Å²) in [6, 6.07) is 0. The summed E-state index contributed by atoms with van der Waals surface area (Å²) in [5.41, 5.74) is 0. The van der Waals surface area contributed by atoms with Crippen LogP contribution < -0.4 is 0 Å². The maximum atomic E-state index is 5.75. The van der Waals surface area contributed by atoms with Crippen molar-refractivity contribution in [3.8, 4) is 0 Å². The molecule has 0 spiro atoms. The van der Waals surface area contributed by atoms with Gasteiger partial charge in [-0.2, -0.15) is 0 Å². The minimum absolute atomic E-state index is 0.504. The number of likely N-dealkylation sites (N-methyl/N-ethyl adjacent to an activating group) is 1. The highest BCUT2D eigenvalue weighted by Crippen LogP contribution is 2.09. The van der Waals surface area contributed by atoms with E-state index in [0.29, 0.717) is 6.10 Å². The second kappa shape index (κ2) is 11.7. The third-order valence-electron chi connectivity index (χ3n) is 3.71. The van der Waals surface area contributed by atoms with Crippen LogP contribution in [0.2, 0.25) is 0 Å². The van der Waals surface area contributed by atoms with E-state index < -0.39 is 0 Å². The van der Waals surface area contributed by atoms with Crippen molar-refractivity contribution in [1.82, 2.24) is 4.90 Å². The van der Waals surface area contributed by atoms with E-state index in [9.17, 15) is 0 Å². The molecule has 1 heterocycles.